The molecule has 9 heteroatoms. The molecule has 0 radical (unpaired) electrons. The maximum Gasteiger partial charge on any atom is 0.307 e. The van der Waals surface area contributed by atoms with Crippen molar-refractivity contribution < 1.29 is 37.3 Å². The Balaban J connectivity index is 0.000000270. The number of hydrogen-bond acceptors (Lipinski definition) is 7. The lowest BCUT2D eigenvalue weighted by molar-refractivity contribution is -0.144. The van der Waals surface area contributed by atoms with Crippen LogP contribution < -0.4 is 15.2 Å². The molecule has 0 aromatic heterocycles. The molecule has 4 rings (SSSR count). The first kappa shape index (κ1) is 39.7. The summed E-state index contributed by atoms with van der Waals surface area (Å²) in [7, 11) is 3.22. The molecule has 0 saturated carbocycles. The minimum atomic E-state index is -0.771. The zero-order chi connectivity index (χ0) is 37.1. The van der Waals surface area contributed by atoms with Gasteiger partial charge in [0, 0.05) is 22.7 Å². The number of carbonyl (C=O) groups excluding carboxylic acids is 2. The van der Waals surface area contributed by atoms with E-state index in [2.05, 4.69) is 0 Å². The molecule has 0 bridgehead atoms. The molecule has 0 aliphatic carbocycles. The second kappa shape index (κ2) is 18.3. The first-order chi connectivity index (χ1) is 23.8. The van der Waals surface area contributed by atoms with E-state index in [1.165, 1.54) is 0 Å². The van der Waals surface area contributed by atoms with Crippen molar-refractivity contribution in [1.82, 2.24) is 0 Å². The van der Waals surface area contributed by atoms with E-state index >= 15 is 0 Å². The minimum absolute atomic E-state index is 0.0709. The third-order valence-electron chi connectivity index (χ3n) is 8.45. The molecule has 0 unspecified atom stereocenters. The van der Waals surface area contributed by atoms with Gasteiger partial charge in [0.1, 0.15) is 23.1 Å². The minimum Gasteiger partial charge on any atom is -0.496 e. The Bertz CT molecular complexity index is 1670. The lowest BCUT2D eigenvalue weighted by atomic mass is 9.90. The standard InChI is InChI=1S/C21H25FO3.C20H24FNO3/c1-6-25-19(23)11-14(3)17-12-16(10-15(4)21(17)22)20-13(2)8-7-9-18(20)24-5;1-5-25-18(23)11-16(22)15-10-14(9-13(3)20(15)21)19-12(2)7-6-8-17(19)24-4/h7-10,12,14H,6,11H2,1-5H3;6-10,16H,5,11,22H2,1-4H3/t14-;16-/m00/s1. The number of esters is 2. The van der Waals surface area contributed by atoms with Gasteiger partial charge in [0.05, 0.1) is 40.3 Å². The number of aryl methyl sites for hydroxylation is 4. The number of nitrogens with two attached hydrogens (primary N) is 1. The van der Waals surface area contributed by atoms with Crippen molar-refractivity contribution in [3.8, 4) is 33.8 Å². The van der Waals surface area contributed by atoms with E-state index in [1.54, 1.807) is 54.0 Å². The molecule has 0 aliphatic rings. The number of benzene rings is 4. The van der Waals surface area contributed by atoms with Crippen LogP contribution in [0.3, 0.4) is 0 Å². The smallest absolute Gasteiger partial charge is 0.307 e. The Labute approximate surface area is 294 Å². The lowest BCUT2D eigenvalue weighted by Gasteiger charge is -2.18. The summed E-state index contributed by atoms with van der Waals surface area (Å²) in [6.45, 7) is 13.3. The van der Waals surface area contributed by atoms with Gasteiger partial charge in [-0.15, -0.1) is 0 Å². The Morgan fingerprint density at radius 1 is 0.660 bits per heavy atom. The zero-order valence-corrected chi connectivity index (χ0v) is 30.5. The SMILES string of the molecule is CCOC(=O)C[C@H](C)c1cc(-c2c(C)cccc2OC)cc(C)c1F.CCOC(=O)C[C@H](N)c1cc(-c2c(C)cccc2OC)cc(C)c1F. The van der Waals surface area contributed by atoms with Gasteiger partial charge in [-0.05, 0) is 123 Å². The maximum absolute atomic E-state index is 14.7. The highest BCUT2D eigenvalue weighted by Gasteiger charge is 2.22. The molecule has 0 spiro atoms. The Morgan fingerprint density at radius 2 is 1.08 bits per heavy atom. The molecule has 0 fully saturated rings. The first-order valence-corrected chi connectivity index (χ1v) is 16.7. The van der Waals surface area contributed by atoms with Crippen molar-refractivity contribution in [2.45, 2.75) is 73.3 Å². The quantitative estimate of drug-likeness (QED) is 0.148. The average Bonchev–Trinajstić information content (AvgIpc) is 3.07. The summed E-state index contributed by atoms with van der Waals surface area (Å²) < 4.78 is 50.1. The predicted octanol–water partition coefficient (Wildman–Crippen LogP) is 9.25. The van der Waals surface area contributed by atoms with Crippen molar-refractivity contribution in [3.63, 3.8) is 0 Å². The fourth-order valence-corrected chi connectivity index (χ4v) is 5.96. The lowest BCUT2D eigenvalue weighted by Crippen LogP contribution is -2.19. The zero-order valence-electron chi connectivity index (χ0n) is 30.5. The monoisotopic (exact) mass is 689 g/mol. The van der Waals surface area contributed by atoms with Crippen LogP contribution in [0, 0.1) is 39.3 Å². The third kappa shape index (κ3) is 9.69. The van der Waals surface area contributed by atoms with Gasteiger partial charge in [0.15, 0.2) is 0 Å². The normalized spacial score (nSPS) is 11.9. The Morgan fingerprint density at radius 3 is 1.52 bits per heavy atom. The van der Waals surface area contributed by atoms with Crippen LogP contribution in [0.1, 0.15) is 79.0 Å². The summed E-state index contributed by atoms with van der Waals surface area (Å²) >= 11 is 0. The van der Waals surface area contributed by atoms with Gasteiger partial charge in [-0.25, -0.2) is 8.78 Å². The summed E-state index contributed by atoms with van der Waals surface area (Å²) in [6, 6.07) is 17.9. The highest BCUT2D eigenvalue weighted by Crippen LogP contribution is 2.38. The van der Waals surface area contributed by atoms with Gasteiger partial charge in [0.25, 0.3) is 0 Å². The molecule has 7 nitrogen and oxygen atoms in total. The van der Waals surface area contributed by atoms with Gasteiger partial charge in [-0.2, -0.15) is 0 Å². The van der Waals surface area contributed by atoms with Gasteiger partial charge < -0.3 is 24.7 Å². The number of methoxy groups -OCH3 is 2. The molecule has 4 aromatic carbocycles. The van der Waals surface area contributed by atoms with Gasteiger partial charge >= 0.3 is 11.9 Å². The number of carbonyl (C=O) groups is 2. The average molecular weight is 690 g/mol. The van der Waals surface area contributed by atoms with E-state index in [1.807, 2.05) is 69.3 Å². The summed E-state index contributed by atoms with van der Waals surface area (Å²) in [5.74, 6) is -0.239. The molecule has 0 amide bonds. The van der Waals surface area contributed by atoms with Crippen LogP contribution >= 0.6 is 0 Å². The highest BCUT2D eigenvalue weighted by molar-refractivity contribution is 5.77. The van der Waals surface area contributed by atoms with Crippen LogP contribution in [0.15, 0.2) is 60.7 Å². The van der Waals surface area contributed by atoms with Crippen LogP contribution in [0.25, 0.3) is 22.3 Å². The molecule has 268 valence electrons. The predicted molar refractivity (Wildman–Crippen MR) is 194 cm³/mol. The van der Waals surface area contributed by atoms with Crippen LogP contribution in [0.2, 0.25) is 0 Å². The van der Waals surface area contributed by atoms with Crippen molar-refractivity contribution in [2.24, 2.45) is 5.73 Å². The second-order valence-corrected chi connectivity index (χ2v) is 12.2. The number of hydrogen-bond donors (Lipinski definition) is 1. The van der Waals surface area contributed by atoms with E-state index < -0.39 is 17.8 Å². The summed E-state index contributed by atoms with van der Waals surface area (Å²) in [6.07, 6.45) is 0.0805. The second-order valence-electron chi connectivity index (χ2n) is 12.2. The topological polar surface area (TPSA) is 97.1 Å². The summed E-state index contributed by atoms with van der Waals surface area (Å²) in [5.41, 5.74) is 13.5. The number of ether oxygens (including phenoxy) is 4. The van der Waals surface area contributed by atoms with Crippen LogP contribution in [0.4, 0.5) is 8.78 Å². The molecule has 0 heterocycles. The van der Waals surface area contributed by atoms with Crippen molar-refractivity contribution in [3.05, 3.63) is 106 Å². The van der Waals surface area contributed by atoms with E-state index in [0.29, 0.717) is 34.6 Å². The highest BCUT2D eigenvalue weighted by atomic mass is 19.1. The van der Waals surface area contributed by atoms with Crippen LogP contribution in [-0.4, -0.2) is 39.4 Å². The maximum atomic E-state index is 14.7. The molecule has 50 heavy (non-hydrogen) atoms. The van der Waals surface area contributed by atoms with Gasteiger partial charge in [-0.1, -0.05) is 31.2 Å². The summed E-state index contributed by atoms with van der Waals surface area (Å²) in [5, 5.41) is 0. The Hall–Kier alpha value is -4.76. The van der Waals surface area contributed by atoms with Crippen molar-refractivity contribution in [2.75, 3.05) is 27.4 Å². The molecule has 2 atom stereocenters. The molecule has 0 saturated heterocycles. The molecule has 0 aliphatic heterocycles. The fraction of sp³-hybridized carbons (Fsp3) is 0.366. The van der Waals surface area contributed by atoms with E-state index in [4.69, 9.17) is 24.7 Å². The van der Waals surface area contributed by atoms with E-state index in [-0.39, 0.29) is 37.2 Å². The van der Waals surface area contributed by atoms with Crippen LogP contribution in [0.5, 0.6) is 11.5 Å². The van der Waals surface area contributed by atoms with Crippen LogP contribution in [-0.2, 0) is 19.1 Å². The van der Waals surface area contributed by atoms with Crippen molar-refractivity contribution >= 4 is 11.9 Å². The Kier molecular flexibility index (Phi) is 14.5. The van der Waals surface area contributed by atoms with E-state index in [9.17, 15) is 18.4 Å². The third-order valence-corrected chi connectivity index (χ3v) is 8.45. The number of rotatable bonds is 12. The molecular weight excluding hydrogens is 640 g/mol. The van der Waals surface area contributed by atoms with Gasteiger partial charge in [-0.3, -0.25) is 9.59 Å². The van der Waals surface area contributed by atoms with Gasteiger partial charge in [0.2, 0.25) is 0 Å². The fourth-order valence-electron chi connectivity index (χ4n) is 5.96. The first-order valence-electron chi connectivity index (χ1n) is 16.7. The molecular formula is C41H49F2NO6. The molecule has 4 aromatic rings. The largest absolute Gasteiger partial charge is 0.496 e. The van der Waals surface area contributed by atoms with Crippen molar-refractivity contribution in [1.29, 1.82) is 0 Å². The van der Waals surface area contributed by atoms with E-state index in [0.717, 1.165) is 39.1 Å². The number of halogens is 2. The summed E-state index contributed by atoms with van der Waals surface area (Å²) in [4.78, 5) is 23.5. The molecule has 2 N–H and O–H groups in total.